The van der Waals surface area contributed by atoms with Gasteiger partial charge in [-0.3, -0.25) is 4.79 Å². The zero-order valence-electron chi connectivity index (χ0n) is 13.3. The predicted molar refractivity (Wildman–Crippen MR) is 100 cm³/mol. The molecule has 1 heterocycles. The molecule has 0 aromatic heterocycles. The van der Waals surface area contributed by atoms with Gasteiger partial charge in [0.25, 0.3) is 0 Å². The second-order valence-electron chi connectivity index (χ2n) is 6.18. The number of Topliss-reactive ketones (excluding diaryl/α,β-unsaturated/α-hetero) is 1. The van der Waals surface area contributed by atoms with E-state index in [2.05, 4.69) is 21.2 Å². The minimum absolute atomic E-state index is 0.00506. The van der Waals surface area contributed by atoms with Crippen LogP contribution < -0.4 is 5.32 Å². The van der Waals surface area contributed by atoms with Gasteiger partial charge in [-0.2, -0.15) is 0 Å². The number of nitrogens with one attached hydrogen (secondary N) is 1. The number of hydrogen-bond donors (Lipinski definition) is 1. The van der Waals surface area contributed by atoms with Crippen LogP contribution in [0.4, 0.5) is 10.1 Å². The van der Waals surface area contributed by atoms with Gasteiger partial charge in [-0.25, -0.2) is 4.39 Å². The van der Waals surface area contributed by atoms with E-state index >= 15 is 0 Å². The Morgan fingerprint density at radius 1 is 0.960 bits per heavy atom. The van der Waals surface area contributed by atoms with E-state index in [-0.39, 0.29) is 11.6 Å². The van der Waals surface area contributed by atoms with Crippen LogP contribution in [-0.4, -0.2) is 5.78 Å². The van der Waals surface area contributed by atoms with Crippen LogP contribution >= 0.6 is 15.9 Å². The molecule has 4 heteroatoms. The number of rotatable bonds is 3. The molecule has 1 aliphatic heterocycles. The highest BCUT2D eigenvalue weighted by Gasteiger charge is 2.46. The molecule has 0 bridgehead atoms. The third-order valence-corrected chi connectivity index (χ3v) is 5.41. The maximum atomic E-state index is 13.8. The van der Waals surface area contributed by atoms with Crippen molar-refractivity contribution in [2.24, 2.45) is 0 Å². The minimum Gasteiger partial charge on any atom is -0.368 e. The normalized spacial score (nSPS) is 18.7. The molecule has 4 rings (SSSR count). The third kappa shape index (κ3) is 2.67. The van der Waals surface area contributed by atoms with Crippen LogP contribution in [0.3, 0.4) is 0 Å². The van der Waals surface area contributed by atoms with E-state index < -0.39 is 5.54 Å². The zero-order chi connectivity index (χ0) is 17.4. The van der Waals surface area contributed by atoms with Crippen molar-refractivity contribution in [3.63, 3.8) is 0 Å². The summed E-state index contributed by atoms with van der Waals surface area (Å²) in [5, 5.41) is 3.42. The van der Waals surface area contributed by atoms with Gasteiger partial charge < -0.3 is 5.32 Å². The van der Waals surface area contributed by atoms with Crippen LogP contribution in [0.5, 0.6) is 0 Å². The van der Waals surface area contributed by atoms with Gasteiger partial charge in [-0.1, -0.05) is 58.4 Å². The Hall–Kier alpha value is -2.46. The Labute approximate surface area is 153 Å². The molecule has 3 aromatic carbocycles. The molecule has 3 aromatic rings. The second kappa shape index (κ2) is 6.12. The largest absolute Gasteiger partial charge is 0.368 e. The quantitative estimate of drug-likeness (QED) is 0.648. The average molecular weight is 396 g/mol. The number of carbonyl (C=O) groups is 1. The first-order chi connectivity index (χ1) is 12.1. The van der Waals surface area contributed by atoms with Gasteiger partial charge in [0.05, 0.1) is 0 Å². The van der Waals surface area contributed by atoms with E-state index in [1.807, 2.05) is 54.6 Å². The highest BCUT2D eigenvalue weighted by molar-refractivity contribution is 9.10. The fraction of sp³-hybridized carbons (Fsp3) is 0.0952. The summed E-state index contributed by atoms with van der Waals surface area (Å²) in [5.74, 6) is -0.310. The lowest BCUT2D eigenvalue weighted by molar-refractivity contribution is 0.0916. The van der Waals surface area contributed by atoms with Gasteiger partial charge in [0.1, 0.15) is 11.4 Å². The summed E-state index contributed by atoms with van der Waals surface area (Å²) < 4.78 is 14.6. The smallest absolute Gasteiger partial charge is 0.195 e. The lowest BCUT2D eigenvalue weighted by Gasteiger charge is -2.30. The molecule has 124 valence electrons. The molecular weight excluding hydrogens is 381 g/mol. The fourth-order valence-electron chi connectivity index (χ4n) is 3.42. The number of anilines is 1. The summed E-state index contributed by atoms with van der Waals surface area (Å²) >= 11 is 3.48. The second-order valence-corrected chi connectivity index (χ2v) is 7.04. The number of carbonyl (C=O) groups excluding carboxylic acids is 1. The van der Waals surface area contributed by atoms with Crippen LogP contribution in [-0.2, 0) is 12.0 Å². The highest BCUT2D eigenvalue weighted by atomic mass is 79.9. The summed E-state index contributed by atoms with van der Waals surface area (Å²) in [7, 11) is 0. The van der Waals surface area contributed by atoms with E-state index in [1.54, 1.807) is 6.07 Å². The number of hydrogen-bond acceptors (Lipinski definition) is 2. The molecular formula is C21H15BrFNO. The molecule has 1 N–H and O–H groups in total. The lowest BCUT2D eigenvalue weighted by atomic mass is 9.80. The van der Waals surface area contributed by atoms with Crippen molar-refractivity contribution in [2.75, 3.05) is 5.32 Å². The first-order valence-corrected chi connectivity index (χ1v) is 8.81. The summed E-state index contributed by atoms with van der Waals surface area (Å²) in [6, 6.07) is 21.7. The maximum absolute atomic E-state index is 13.8. The number of para-hydroxylation sites is 1. The van der Waals surface area contributed by atoms with Crippen LogP contribution in [0, 0.1) is 5.82 Å². The molecule has 0 fully saturated rings. The molecule has 0 aliphatic carbocycles. The van der Waals surface area contributed by atoms with Crippen molar-refractivity contribution in [2.45, 2.75) is 12.0 Å². The van der Waals surface area contributed by atoms with E-state index in [4.69, 9.17) is 0 Å². The van der Waals surface area contributed by atoms with Gasteiger partial charge in [0.15, 0.2) is 5.78 Å². The molecule has 1 unspecified atom stereocenters. The monoisotopic (exact) mass is 395 g/mol. The number of halogens is 2. The Morgan fingerprint density at radius 3 is 2.44 bits per heavy atom. The van der Waals surface area contributed by atoms with Crippen molar-refractivity contribution >= 4 is 27.4 Å². The van der Waals surface area contributed by atoms with E-state index in [0.29, 0.717) is 12.0 Å². The minimum atomic E-state index is -0.943. The number of ketones is 1. The van der Waals surface area contributed by atoms with E-state index in [9.17, 15) is 9.18 Å². The first kappa shape index (κ1) is 16.0. The highest BCUT2D eigenvalue weighted by Crippen LogP contribution is 2.42. The van der Waals surface area contributed by atoms with E-state index in [1.165, 1.54) is 12.1 Å². The molecule has 25 heavy (non-hydrogen) atoms. The van der Waals surface area contributed by atoms with Crippen LogP contribution in [0.2, 0.25) is 0 Å². The first-order valence-electron chi connectivity index (χ1n) is 8.02. The van der Waals surface area contributed by atoms with Crippen molar-refractivity contribution in [1.29, 1.82) is 0 Å². The topological polar surface area (TPSA) is 29.1 Å². The summed E-state index contributed by atoms with van der Waals surface area (Å²) in [6.07, 6.45) is 0.350. The van der Waals surface area contributed by atoms with Crippen LogP contribution in [0.1, 0.15) is 21.5 Å². The molecule has 0 spiro atoms. The zero-order valence-corrected chi connectivity index (χ0v) is 14.9. The molecule has 0 saturated carbocycles. The van der Waals surface area contributed by atoms with Gasteiger partial charge in [-0.15, -0.1) is 0 Å². The molecule has 1 aliphatic rings. The third-order valence-electron chi connectivity index (χ3n) is 4.64. The molecule has 1 atom stereocenters. The van der Waals surface area contributed by atoms with Gasteiger partial charge in [0, 0.05) is 22.1 Å². The van der Waals surface area contributed by atoms with Crippen molar-refractivity contribution in [3.8, 4) is 0 Å². The van der Waals surface area contributed by atoms with E-state index in [0.717, 1.165) is 21.3 Å². The van der Waals surface area contributed by atoms with Crippen molar-refractivity contribution < 1.29 is 9.18 Å². The summed E-state index contributed by atoms with van der Waals surface area (Å²) in [4.78, 5) is 13.3. The predicted octanol–water partition coefficient (Wildman–Crippen LogP) is 5.33. The SMILES string of the molecule is O=C1c2ccccc2NC1(Cc1cc(F)ccc1Br)c1ccccc1. The van der Waals surface area contributed by atoms with Crippen LogP contribution in [0.25, 0.3) is 0 Å². The van der Waals surface area contributed by atoms with Gasteiger partial charge >= 0.3 is 0 Å². The molecule has 2 nitrogen and oxygen atoms in total. The number of fused-ring (bicyclic) bond motifs is 1. The molecule has 0 saturated heterocycles. The molecule has 0 radical (unpaired) electrons. The van der Waals surface area contributed by atoms with Gasteiger partial charge in [-0.05, 0) is 41.5 Å². The Bertz CT molecular complexity index is 957. The standard InChI is InChI=1S/C21H15BrFNO/c22-18-11-10-16(23)12-14(18)13-21(15-6-2-1-3-7-15)20(25)17-8-4-5-9-19(17)24-21/h1-12,24H,13H2. The van der Waals surface area contributed by atoms with Crippen molar-refractivity contribution in [3.05, 3.63) is 99.8 Å². The Morgan fingerprint density at radius 2 is 1.68 bits per heavy atom. The molecule has 0 amide bonds. The van der Waals surface area contributed by atoms with Crippen LogP contribution in [0.15, 0.2) is 77.3 Å². The lowest BCUT2D eigenvalue weighted by Crippen LogP contribution is -2.41. The summed E-state index contributed by atoms with van der Waals surface area (Å²) in [5.41, 5.74) is 2.15. The average Bonchev–Trinajstić information content (AvgIpc) is 2.92. The van der Waals surface area contributed by atoms with Gasteiger partial charge in [0.2, 0.25) is 0 Å². The summed E-state index contributed by atoms with van der Waals surface area (Å²) in [6.45, 7) is 0. The maximum Gasteiger partial charge on any atom is 0.195 e. The fourth-order valence-corrected chi connectivity index (χ4v) is 3.81. The van der Waals surface area contributed by atoms with Crippen molar-refractivity contribution in [1.82, 2.24) is 0 Å². The Kier molecular flexibility index (Phi) is 3.92. The Balaban J connectivity index is 1.87. The number of benzene rings is 3.